The molecule has 1 aromatic carbocycles. The van der Waals surface area contributed by atoms with Crippen molar-refractivity contribution in [3.8, 4) is 0 Å². The smallest absolute Gasteiger partial charge is 0.306 e. The molecular formula is C13H16Cl2N2O3. The van der Waals surface area contributed by atoms with Crippen LogP contribution in [0.2, 0.25) is 10.0 Å². The van der Waals surface area contributed by atoms with Gasteiger partial charge in [0.05, 0.1) is 15.6 Å². The summed E-state index contributed by atoms with van der Waals surface area (Å²) >= 11 is 11.6. The zero-order valence-corrected chi connectivity index (χ0v) is 12.9. The average Bonchev–Trinajstić information content (AvgIpc) is 2.31. The van der Waals surface area contributed by atoms with E-state index in [-0.39, 0.29) is 17.2 Å². The highest BCUT2D eigenvalue weighted by molar-refractivity contribution is 6.42. The van der Waals surface area contributed by atoms with E-state index in [0.29, 0.717) is 15.8 Å². The Kier molecular flexibility index (Phi) is 5.39. The first-order valence-corrected chi connectivity index (χ1v) is 6.63. The van der Waals surface area contributed by atoms with Crippen molar-refractivity contribution in [3.63, 3.8) is 0 Å². The van der Waals surface area contributed by atoms with E-state index in [0.717, 1.165) is 0 Å². The molecule has 20 heavy (non-hydrogen) atoms. The van der Waals surface area contributed by atoms with E-state index in [1.807, 2.05) is 0 Å². The zero-order chi connectivity index (χ0) is 15.5. The molecule has 0 aliphatic rings. The molecule has 2 N–H and O–H groups in total. The molecule has 0 saturated carbocycles. The Morgan fingerprint density at radius 3 is 2.40 bits per heavy atom. The summed E-state index contributed by atoms with van der Waals surface area (Å²) in [5.74, 6) is -0.128. The van der Waals surface area contributed by atoms with Gasteiger partial charge in [0.25, 0.3) is 0 Å². The van der Waals surface area contributed by atoms with Crippen LogP contribution in [0.5, 0.6) is 0 Å². The van der Waals surface area contributed by atoms with Crippen LogP contribution < -0.4 is 5.32 Å². The molecule has 2 amide bonds. The third-order valence-electron chi connectivity index (χ3n) is 2.62. The summed E-state index contributed by atoms with van der Waals surface area (Å²) in [6.45, 7) is 4.57. The van der Waals surface area contributed by atoms with Crippen molar-refractivity contribution in [2.75, 3.05) is 5.32 Å². The van der Waals surface area contributed by atoms with Crippen LogP contribution in [-0.4, -0.2) is 27.6 Å². The fourth-order valence-electron chi connectivity index (χ4n) is 1.71. The fourth-order valence-corrected chi connectivity index (χ4v) is 2.01. The summed E-state index contributed by atoms with van der Waals surface area (Å²) in [7, 11) is 0. The van der Waals surface area contributed by atoms with Gasteiger partial charge in [-0.25, -0.2) is 4.79 Å². The third-order valence-corrected chi connectivity index (χ3v) is 3.36. The third kappa shape index (κ3) is 4.37. The van der Waals surface area contributed by atoms with Crippen molar-refractivity contribution in [2.24, 2.45) is 0 Å². The van der Waals surface area contributed by atoms with Gasteiger partial charge in [0.1, 0.15) is 5.78 Å². The van der Waals surface area contributed by atoms with Gasteiger partial charge in [-0.3, -0.25) is 10.0 Å². The first-order chi connectivity index (χ1) is 9.13. The number of halogens is 2. The van der Waals surface area contributed by atoms with Crippen LogP contribution in [-0.2, 0) is 4.79 Å². The van der Waals surface area contributed by atoms with Crippen LogP contribution in [0.3, 0.4) is 0 Å². The Morgan fingerprint density at radius 2 is 1.90 bits per heavy atom. The highest BCUT2D eigenvalue weighted by atomic mass is 35.5. The summed E-state index contributed by atoms with van der Waals surface area (Å²) in [5, 5.41) is 13.5. The SMILES string of the molecule is CC(=O)CC(C)(C)N(O)C(=O)Nc1ccc(Cl)c(Cl)c1. The van der Waals surface area contributed by atoms with E-state index < -0.39 is 11.6 Å². The molecule has 0 radical (unpaired) electrons. The van der Waals surface area contributed by atoms with Gasteiger partial charge < -0.3 is 5.32 Å². The number of amides is 2. The predicted molar refractivity (Wildman–Crippen MR) is 78.5 cm³/mol. The maximum Gasteiger partial charge on any atom is 0.346 e. The number of carbonyl (C=O) groups is 2. The minimum atomic E-state index is -1.01. The first-order valence-electron chi connectivity index (χ1n) is 5.88. The van der Waals surface area contributed by atoms with Crippen molar-refractivity contribution in [1.29, 1.82) is 0 Å². The second-order valence-electron chi connectivity index (χ2n) is 5.06. The van der Waals surface area contributed by atoms with Crippen molar-refractivity contribution in [3.05, 3.63) is 28.2 Å². The van der Waals surface area contributed by atoms with E-state index in [4.69, 9.17) is 23.2 Å². The quantitative estimate of drug-likeness (QED) is 0.651. The standard InChI is InChI=1S/C13H16Cl2N2O3/c1-8(18)7-13(2,3)17(20)12(19)16-9-4-5-10(14)11(15)6-9/h4-6,20H,7H2,1-3H3,(H,16,19). The molecule has 0 atom stereocenters. The lowest BCUT2D eigenvalue weighted by Gasteiger charge is -2.32. The normalized spacial score (nSPS) is 11.1. The lowest BCUT2D eigenvalue weighted by molar-refractivity contribution is -0.133. The molecule has 0 unspecified atom stereocenters. The highest BCUT2D eigenvalue weighted by Gasteiger charge is 2.31. The van der Waals surface area contributed by atoms with Crippen LogP contribution in [0.4, 0.5) is 10.5 Å². The number of ketones is 1. The summed E-state index contributed by atoms with van der Waals surface area (Å²) in [4.78, 5) is 23.0. The molecule has 0 aliphatic carbocycles. The Labute approximate surface area is 127 Å². The maximum absolute atomic E-state index is 11.9. The summed E-state index contributed by atoms with van der Waals surface area (Å²) in [5.41, 5.74) is -0.617. The molecule has 5 nitrogen and oxygen atoms in total. The lowest BCUT2D eigenvalue weighted by Crippen LogP contribution is -2.48. The number of anilines is 1. The number of hydrogen-bond donors (Lipinski definition) is 2. The molecule has 0 saturated heterocycles. The Balaban J connectivity index is 2.79. The molecule has 1 aromatic rings. The highest BCUT2D eigenvalue weighted by Crippen LogP contribution is 2.26. The van der Waals surface area contributed by atoms with Gasteiger partial charge >= 0.3 is 6.03 Å². The van der Waals surface area contributed by atoms with Crippen LogP contribution in [0, 0.1) is 0 Å². The van der Waals surface area contributed by atoms with Crippen LogP contribution in [0.25, 0.3) is 0 Å². The number of rotatable bonds is 4. The molecule has 0 fully saturated rings. The molecule has 0 aliphatic heterocycles. The van der Waals surface area contributed by atoms with Crippen LogP contribution in [0.15, 0.2) is 18.2 Å². The Morgan fingerprint density at radius 1 is 1.30 bits per heavy atom. The monoisotopic (exact) mass is 318 g/mol. The first kappa shape index (κ1) is 16.8. The summed E-state index contributed by atoms with van der Waals surface area (Å²) in [6.07, 6.45) is 0.0400. The molecule has 0 bridgehead atoms. The van der Waals surface area contributed by atoms with E-state index in [1.54, 1.807) is 19.9 Å². The van der Waals surface area contributed by atoms with Gasteiger partial charge in [-0.1, -0.05) is 23.2 Å². The number of nitrogens with zero attached hydrogens (tertiary/aromatic N) is 1. The number of hydrogen-bond acceptors (Lipinski definition) is 3. The van der Waals surface area contributed by atoms with Gasteiger partial charge in [0.2, 0.25) is 0 Å². The number of nitrogens with one attached hydrogen (secondary N) is 1. The van der Waals surface area contributed by atoms with Crippen LogP contribution in [0.1, 0.15) is 27.2 Å². The van der Waals surface area contributed by atoms with Gasteiger partial charge in [0.15, 0.2) is 0 Å². The maximum atomic E-state index is 11.9. The van der Waals surface area contributed by atoms with Gasteiger partial charge in [-0.2, -0.15) is 5.06 Å². The van der Waals surface area contributed by atoms with E-state index in [2.05, 4.69) is 5.32 Å². The van der Waals surface area contributed by atoms with E-state index in [1.165, 1.54) is 19.1 Å². The molecule has 7 heteroatoms. The van der Waals surface area contributed by atoms with Gasteiger partial charge in [0, 0.05) is 12.1 Å². The van der Waals surface area contributed by atoms with Crippen molar-refractivity contribution in [2.45, 2.75) is 32.7 Å². The Hall–Kier alpha value is -1.30. The second kappa shape index (κ2) is 6.43. The molecule has 1 rings (SSSR count). The van der Waals surface area contributed by atoms with E-state index in [9.17, 15) is 14.8 Å². The molecule has 0 heterocycles. The number of hydroxylamine groups is 2. The zero-order valence-electron chi connectivity index (χ0n) is 11.4. The van der Waals surface area contributed by atoms with Gasteiger partial charge in [-0.15, -0.1) is 0 Å². The number of carbonyl (C=O) groups excluding carboxylic acids is 2. The minimum absolute atomic E-state index is 0.0400. The molecule has 110 valence electrons. The topological polar surface area (TPSA) is 69.6 Å². The molecule has 0 aromatic heterocycles. The Bertz CT molecular complexity index is 532. The number of urea groups is 1. The fraction of sp³-hybridized carbons (Fsp3) is 0.385. The second-order valence-corrected chi connectivity index (χ2v) is 5.88. The minimum Gasteiger partial charge on any atom is -0.306 e. The van der Waals surface area contributed by atoms with Crippen LogP contribution >= 0.6 is 23.2 Å². The summed E-state index contributed by atoms with van der Waals surface area (Å²) in [6, 6.07) is 3.79. The van der Waals surface area contributed by atoms with Crippen molar-refractivity contribution in [1.82, 2.24) is 5.06 Å². The van der Waals surface area contributed by atoms with E-state index >= 15 is 0 Å². The lowest BCUT2D eigenvalue weighted by atomic mass is 9.98. The summed E-state index contributed by atoms with van der Waals surface area (Å²) < 4.78 is 0. The molecular weight excluding hydrogens is 303 g/mol. The predicted octanol–water partition coefficient (Wildman–Crippen LogP) is 3.97. The van der Waals surface area contributed by atoms with Crippen molar-refractivity contribution < 1.29 is 14.8 Å². The number of Topliss-reactive ketones (excluding diaryl/α,β-unsaturated/α-hetero) is 1. The largest absolute Gasteiger partial charge is 0.346 e. The number of benzene rings is 1. The van der Waals surface area contributed by atoms with Gasteiger partial charge in [-0.05, 0) is 39.0 Å². The van der Waals surface area contributed by atoms with Crippen molar-refractivity contribution >= 4 is 40.7 Å². The molecule has 0 spiro atoms. The average molecular weight is 319 g/mol.